The third kappa shape index (κ3) is 3.17. The van der Waals surface area contributed by atoms with Gasteiger partial charge >= 0.3 is 0 Å². The predicted molar refractivity (Wildman–Crippen MR) is 84.6 cm³/mol. The molecular formula is C15H21N3OS. The van der Waals surface area contributed by atoms with Gasteiger partial charge in [-0.1, -0.05) is 23.5 Å². The quantitative estimate of drug-likeness (QED) is 0.888. The Hall–Kier alpha value is -1.43. The van der Waals surface area contributed by atoms with E-state index in [1.807, 2.05) is 0 Å². The number of anilines is 2. The van der Waals surface area contributed by atoms with Crippen molar-refractivity contribution >= 4 is 22.2 Å². The molecule has 5 heteroatoms. The zero-order valence-corrected chi connectivity index (χ0v) is 13.0. The van der Waals surface area contributed by atoms with Gasteiger partial charge in [-0.25, -0.2) is 4.98 Å². The maximum Gasteiger partial charge on any atom is 0.190 e. The zero-order valence-electron chi connectivity index (χ0n) is 12.2. The van der Waals surface area contributed by atoms with Gasteiger partial charge in [0.1, 0.15) is 0 Å². The van der Waals surface area contributed by atoms with Crippen molar-refractivity contribution in [3.8, 4) is 0 Å². The summed E-state index contributed by atoms with van der Waals surface area (Å²) in [5.41, 5.74) is 9.15. The van der Waals surface area contributed by atoms with Crippen LogP contribution in [-0.2, 0) is 17.9 Å². The van der Waals surface area contributed by atoms with Gasteiger partial charge in [0.05, 0.1) is 12.3 Å². The molecule has 0 unspecified atom stereocenters. The number of ether oxygens (including phenoxy) is 1. The molecule has 2 rings (SSSR count). The Balaban J connectivity index is 2.36. The van der Waals surface area contributed by atoms with Crippen LogP contribution in [0.1, 0.15) is 23.1 Å². The standard InChI is InChI=1S/C15H21N3OS/c1-4-18(12-7-5-6-11(2)8-12)15-17-13(10-19-3)14(9-16)20-15/h5-8H,4,9-10,16H2,1-3H3. The average Bonchev–Trinajstić information content (AvgIpc) is 2.83. The van der Waals surface area contributed by atoms with Gasteiger partial charge in [-0.05, 0) is 31.5 Å². The first-order valence-corrected chi connectivity index (χ1v) is 7.53. The smallest absolute Gasteiger partial charge is 0.190 e. The molecule has 0 spiro atoms. The zero-order chi connectivity index (χ0) is 14.5. The number of benzene rings is 1. The Morgan fingerprint density at radius 3 is 2.80 bits per heavy atom. The highest BCUT2D eigenvalue weighted by molar-refractivity contribution is 7.15. The Kier molecular flexibility index (Phi) is 5.11. The van der Waals surface area contributed by atoms with Crippen LogP contribution in [0.3, 0.4) is 0 Å². The van der Waals surface area contributed by atoms with E-state index in [9.17, 15) is 0 Å². The average molecular weight is 291 g/mol. The summed E-state index contributed by atoms with van der Waals surface area (Å²) < 4.78 is 5.19. The van der Waals surface area contributed by atoms with E-state index in [-0.39, 0.29) is 0 Å². The summed E-state index contributed by atoms with van der Waals surface area (Å²) in [7, 11) is 1.68. The van der Waals surface area contributed by atoms with Gasteiger partial charge in [0.2, 0.25) is 0 Å². The van der Waals surface area contributed by atoms with Crippen LogP contribution in [0.25, 0.3) is 0 Å². The van der Waals surface area contributed by atoms with Crippen molar-refractivity contribution in [1.29, 1.82) is 0 Å². The summed E-state index contributed by atoms with van der Waals surface area (Å²) in [4.78, 5) is 7.98. The Bertz CT molecular complexity index is 568. The lowest BCUT2D eigenvalue weighted by molar-refractivity contribution is 0.181. The monoisotopic (exact) mass is 291 g/mol. The number of rotatable bonds is 6. The number of nitrogens with zero attached hydrogens (tertiary/aromatic N) is 2. The molecule has 1 aromatic carbocycles. The van der Waals surface area contributed by atoms with Crippen molar-refractivity contribution in [2.75, 3.05) is 18.6 Å². The Morgan fingerprint density at radius 1 is 1.40 bits per heavy atom. The lowest BCUT2D eigenvalue weighted by Crippen LogP contribution is -2.15. The van der Waals surface area contributed by atoms with Crippen LogP contribution in [0.4, 0.5) is 10.8 Å². The summed E-state index contributed by atoms with van der Waals surface area (Å²) >= 11 is 1.64. The van der Waals surface area contributed by atoms with Gasteiger partial charge in [0, 0.05) is 30.8 Å². The van der Waals surface area contributed by atoms with Gasteiger partial charge in [0.25, 0.3) is 0 Å². The molecule has 0 atom stereocenters. The second-order valence-corrected chi connectivity index (χ2v) is 5.65. The molecule has 4 nitrogen and oxygen atoms in total. The van der Waals surface area contributed by atoms with Crippen molar-refractivity contribution in [2.45, 2.75) is 27.0 Å². The molecule has 1 aromatic heterocycles. The molecule has 0 bridgehead atoms. The topological polar surface area (TPSA) is 51.4 Å². The minimum atomic E-state index is 0.502. The van der Waals surface area contributed by atoms with Crippen LogP contribution in [0.5, 0.6) is 0 Å². The van der Waals surface area contributed by atoms with Gasteiger partial charge < -0.3 is 15.4 Å². The third-order valence-electron chi connectivity index (χ3n) is 3.09. The molecule has 2 N–H and O–H groups in total. The second kappa shape index (κ2) is 6.83. The van der Waals surface area contributed by atoms with Gasteiger partial charge in [-0.3, -0.25) is 0 Å². The predicted octanol–water partition coefficient (Wildman–Crippen LogP) is 3.21. The molecule has 0 amide bonds. The van der Waals surface area contributed by atoms with E-state index < -0.39 is 0 Å². The Labute approximate surface area is 124 Å². The Morgan fingerprint density at radius 2 is 2.20 bits per heavy atom. The van der Waals surface area contributed by atoms with Crippen molar-refractivity contribution in [3.05, 3.63) is 40.4 Å². The summed E-state index contributed by atoms with van der Waals surface area (Å²) in [5.74, 6) is 0. The first-order chi connectivity index (χ1) is 9.69. The molecule has 108 valence electrons. The van der Waals surface area contributed by atoms with E-state index in [1.54, 1.807) is 18.4 Å². The summed E-state index contributed by atoms with van der Waals surface area (Å²) in [6, 6.07) is 8.45. The first-order valence-electron chi connectivity index (χ1n) is 6.71. The molecule has 2 aromatic rings. The molecule has 0 saturated heterocycles. The van der Waals surface area contributed by atoms with E-state index in [0.717, 1.165) is 27.9 Å². The number of thiazole rings is 1. The van der Waals surface area contributed by atoms with Crippen LogP contribution in [0.15, 0.2) is 24.3 Å². The molecule has 0 aliphatic rings. The fourth-order valence-corrected chi connectivity index (χ4v) is 3.14. The fourth-order valence-electron chi connectivity index (χ4n) is 2.12. The number of methoxy groups -OCH3 is 1. The first kappa shape index (κ1) is 15.0. The molecular weight excluding hydrogens is 270 g/mol. The number of nitrogens with two attached hydrogens (primary N) is 1. The van der Waals surface area contributed by atoms with E-state index in [4.69, 9.17) is 10.5 Å². The molecule has 20 heavy (non-hydrogen) atoms. The molecule has 0 fully saturated rings. The summed E-state index contributed by atoms with van der Waals surface area (Å²) in [6.07, 6.45) is 0. The van der Waals surface area contributed by atoms with E-state index >= 15 is 0 Å². The van der Waals surface area contributed by atoms with Crippen molar-refractivity contribution in [3.63, 3.8) is 0 Å². The largest absolute Gasteiger partial charge is 0.378 e. The maximum atomic E-state index is 5.79. The minimum Gasteiger partial charge on any atom is -0.378 e. The highest BCUT2D eigenvalue weighted by Crippen LogP contribution is 2.32. The van der Waals surface area contributed by atoms with Crippen LogP contribution >= 0.6 is 11.3 Å². The van der Waals surface area contributed by atoms with Gasteiger partial charge in [-0.15, -0.1) is 0 Å². The highest BCUT2D eigenvalue weighted by atomic mass is 32.1. The van der Waals surface area contributed by atoms with E-state index in [0.29, 0.717) is 13.2 Å². The third-order valence-corrected chi connectivity index (χ3v) is 4.24. The number of aromatic nitrogens is 1. The highest BCUT2D eigenvalue weighted by Gasteiger charge is 2.16. The van der Waals surface area contributed by atoms with Gasteiger partial charge in [-0.2, -0.15) is 0 Å². The van der Waals surface area contributed by atoms with E-state index in [1.165, 1.54) is 5.56 Å². The van der Waals surface area contributed by atoms with Crippen LogP contribution in [-0.4, -0.2) is 18.6 Å². The van der Waals surface area contributed by atoms with Crippen LogP contribution < -0.4 is 10.6 Å². The SMILES string of the molecule is CCN(c1cccc(C)c1)c1nc(COC)c(CN)s1. The van der Waals surface area contributed by atoms with Crippen LogP contribution in [0.2, 0.25) is 0 Å². The van der Waals surface area contributed by atoms with Crippen molar-refractivity contribution in [2.24, 2.45) is 5.73 Å². The molecule has 0 aliphatic heterocycles. The van der Waals surface area contributed by atoms with E-state index in [2.05, 4.69) is 48.0 Å². The molecule has 0 aliphatic carbocycles. The van der Waals surface area contributed by atoms with Crippen molar-refractivity contribution < 1.29 is 4.74 Å². The molecule has 0 radical (unpaired) electrons. The van der Waals surface area contributed by atoms with Crippen molar-refractivity contribution in [1.82, 2.24) is 4.98 Å². The van der Waals surface area contributed by atoms with Crippen LogP contribution in [0, 0.1) is 6.92 Å². The fraction of sp³-hybridized carbons (Fsp3) is 0.400. The maximum absolute atomic E-state index is 5.79. The molecule has 0 saturated carbocycles. The number of hydrogen-bond donors (Lipinski definition) is 1. The summed E-state index contributed by atoms with van der Waals surface area (Å²) in [5, 5.41) is 0.977. The normalized spacial score (nSPS) is 10.8. The second-order valence-electron chi connectivity index (χ2n) is 4.59. The minimum absolute atomic E-state index is 0.502. The lowest BCUT2D eigenvalue weighted by Gasteiger charge is -2.20. The summed E-state index contributed by atoms with van der Waals surface area (Å²) in [6.45, 7) is 6.10. The number of aryl methyl sites for hydroxylation is 1. The molecule has 1 heterocycles. The van der Waals surface area contributed by atoms with Gasteiger partial charge in [0.15, 0.2) is 5.13 Å². The number of hydrogen-bond acceptors (Lipinski definition) is 5. The lowest BCUT2D eigenvalue weighted by atomic mass is 10.2.